The first-order valence-corrected chi connectivity index (χ1v) is 7.86. The van der Waals surface area contributed by atoms with Crippen LogP contribution in [0.4, 0.5) is 0 Å². The molecule has 1 aromatic rings. The Balaban J connectivity index is 1.64. The zero-order valence-corrected chi connectivity index (χ0v) is 12.6. The molecule has 0 saturated carbocycles. The van der Waals surface area contributed by atoms with Gasteiger partial charge in [-0.3, -0.25) is 9.80 Å². The first-order valence-electron chi connectivity index (χ1n) is 7.86. The van der Waals surface area contributed by atoms with Crippen LogP contribution in [-0.4, -0.2) is 53.2 Å². The summed E-state index contributed by atoms with van der Waals surface area (Å²) in [6.07, 6.45) is 2.29. The second-order valence-electron chi connectivity index (χ2n) is 6.52. The van der Waals surface area contributed by atoms with Gasteiger partial charge in [-0.2, -0.15) is 0 Å². The van der Waals surface area contributed by atoms with Crippen molar-refractivity contribution in [1.29, 1.82) is 0 Å². The second-order valence-corrected chi connectivity index (χ2v) is 6.52. The Morgan fingerprint density at radius 2 is 2.20 bits per heavy atom. The Morgan fingerprint density at radius 3 is 3.00 bits per heavy atom. The maximum atomic E-state index is 10.5. The Hall–Kier alpha value is -0.900. The normalized spacial score (nSPS) is 29.4. The Kier molecular flexibility index (Phi) is 4.11. The third-order valence-electron chi connectivity index (χ3n) is 4.90. The van der Waals surface area contributed by atoms with Gasteiger partial charge in [0.1, 0.15) is 0 Å². The van der Waals surface area contributed by atoms with Crippen molar-refractivity contribution in [2.75, 3.05) is 26.2 Å². The van der Waals surface area contributed by atoms with Gasteiger partial charge in [0.05, 0.1) is 6.10 Å². The highest BCUT2D eigenvalue weighted by molar-refractivity contribution is 5.24. The molecule has 1 aromatic carbocycles. The summed E-state index contributed by atoms with van der Waals surface area (Å²) >= 11 is 0. The van der Waals surface area contributed by atoms with Crippen LogP contribution in [0.25, 0.3) is 0 Å². The van der Waals surface area contributed by atoms with Gasteiger partial charge in [0.15, 0.2) is 0 Å². The molecule has 0 aromatic heterocycles. The van der Waals surface area contributed by atoms with Crippen LogP contribution in [0.2, 0.25) is 0 Å². The molecule has 2 heterocycles. The minimum absolute atomic E-state index is 0.370. The third-order valence-corrected chi connectivity index (χ3v) is 4.90. The quantitative estimate of drug-likeness (QED) is 0.915. The van der Waals surface area contributed by atoms with E-state index < -0.39 is 0 Å². The van der Waals surface area contributed by atoms with Gasteiger partial charge < -0.3 is 5.11 Å². The van der Waals surface area contributed by atoms with Gasteiger partial charge in [0, 0.05) is 31.7 Å². The molecule has 0 amide bonds. The maximum Gasteiger partial charge on any atom is 0.0917 e. The molecule has 3 atom stereocenters. The summed E-state index contributed by atoms with van der Waals surface area (Å²) in [5.41, 5.74) is 2.27. The van der Waals surface area contributed by atoms with E-state index in [0.717, 1.165) is 31.2 Å². The van der Waals surface area contributed by atoms with Gasteiger partial charge in [-0.1, -0.05) is 29.8 Å². The molecular weight excluding hydrogens is 248 g/mol. The molecule has 3 nitrogen and oxygen atoms in total. The van der Waals surface area contributed by atoms with Crippen LogP contribution in [0.3, 0.4) is 0 Å². The lowest BCUT2D eigenvalue weighted by molar-refractivity contribution is 0.0226. The van der Waals surface area contributed by atoms with Crippen LogP contribution in [0, 0.1) is 6.92 Å². The van der Waals surface area contributed by atoms with E-state index in [1.54, 1.807) is 0 Å². The van der Waals surface area contributed by atoms with Gasteiger partial charge in [0.2, 0.25) is 0 Å². The van der Waals surface area contributed by atoms with Crippen LogP contribution >= 0.6 is 0 Å². The summed E-state index contributed by atoms with van der Waals surface area (Å²) in [5.74, 6) is 0. The average molecular weight is 274 g/mol. The van der Waals surface area contributed by atoms with Crippen molar-refractivity contribution in [3.05, 3.63) is 35.4 Å². The fourth-order valence-corrected chi connectivity index (χ4v) is 3.71. The predicted molar refractivity (Wildman–Crippen MR) is 81.8 cm³/mol. The number of aryl methyl sites for hydroxylation is 1. The summed E-state index contributed by atoms with van der Waals surface area (Å²) in [5, 5.41) is 10.5. The minimum Gasteiger partial charge on any atom is -0.387 e. The topological polar surface area (TPSA) is 26.7 Å². The molecule has 0 aliphatic carbocycles. The number of hydrogen-bond donors (Lipinski definition) is 1. The molecule has 2 saturated heterocycles. The van der Waals surface area contributed by atoms with Gasteiger partial charge in [-0.05, 0) is 38.8 Å². The third kappa shape index (κ3) is 2.90. The Bertz CT molecular complexity index is 462. The number of rotatable bonds is 3. The van der Waals surface area contributed by atoms with Crippen molar-refractivity contribution < 1.29 is 5.11 Å². The smallest absolute Gasteiger partial charge is 0.0917 e. The Morgan fingerprint density at radius 1 is 1.35 bits per heavy atom. The molecule has 3 rings (SSSR count). The highest BCUT2D eigenvalue weighted by atomic mass is 16.3. The lowest BCUT2D eigenvalue weighted by Crippen LogP contribution is -2.55. The highest BCUT2D eigenvalue weighted by Gasteiger charge is 2.34. The van der Waals surface area contributed by atoms with Crippen molar-refractivity contribution in [2.45, 2.75) is 44.9 Å². The number of fused-ring (bicyclic) bond motifs is 1. The molecule has 0 spiro atoms. The number of piperazine rings is 1. The van der Waals surface area contributed by atoms with Crippen LogP contribution in [0.15, 0.2) is 24.3 Å². The van der Waals surface area contributed by atoms with E-state index in [2.05, 4.69) is 35.8 Å². The van der Waals surface area contributed by atoms with E-state index in [1.165, 1.54) is 24.9 Å². The average Bonchev–Trinajstić information content (AvgIpc) is 2.86. The van der Waals surface area contributed by atoms with E-state index in [-0.39, 0.29) is 6.10 Å². The van der Waals surface area contributed by atoms with E-state index in [0.29, 0.717) is 6.04 Å². The summed E-state index contributed by atoms with van der Waals surface area (Å²) in [6.45, 7) is 8.67. The standard InChI is InChI=1S/C17H26N2O/c1-13-5-3-6-15(9-13)17(20)12-19-11-16-7-4-8-18(16)10-14(19)2/h3,5-6,9,14,16-17,20H,4,7-8,10-12H2,1-2H3. The first-order chi connectivity index (χ1) is 9.63. The number of aliphatic hydroxyl groups excluding tert-OH is 1. The zero-order valence-electron chi connectivity index (χ0n) is 12.6. The largest absolute Gasteiger partial charge is 0.387 e. The molecule has 110 valence electrons. The molecular formula is C17H26N2O. The molecule has 2 aliphatic heterocycles. The van der Waals surface area contributed by atoms with Gasteiger partial charge in [-0.25, -0.2) is 0 Å². The predicted octanol–water partition coefficient (Wildman–Crippen LogP) is 2.20. The van der Waals surface area contributed by atoms with Crippen molar-refractivity contribution in [1.82, 2.24) is 9.80 Å². The van der Waals surface area contributed by atoms with Crippen molar-refractivity contribution in [3.8, 4) is 0 Å². The molecule has 2 fully saturated rings. The van der Waals surface area contributed by atoms with Crippen LogP contribution in [0.5, 0.6) is 0 Å². The second kappa shape index (κ2) is 5.84. The van der Waals surface area contributed by atoms with Gasteiger partial charge in [-0.15, -0.1) is 0 Å². The van der Waals surface area contributed by atoms with Crippen LogP contribution < -0.4 is 0 Å². The van der Waals surface area contributed by atoms with E-state index in [1.807, 2.05) is 12.1 Å². The monoisotopic (exact) mass is 274 g/mol. The van der Waals surface area contributed by atoms with Gasteiger partial charge >= 0.3 is 0 Å². The maximum absolute atomic E-state index is 10.5. The summed E-state index contributed by atoms with van der Waals surface area (Å²) in [4.78, 5) is 5.10. The molecule has 0 radical (unpaired) electrons. The SMILES string of the molecule is Cc1cccc(C(O)CN2CC3CCCN3CC2C)c1. The number of nitrogens with zero attached hydrogens (tertiary/aromatic N) is 2. The molecule has 3 unspecified atom stereocenters. The molecule has 0 bridgehead atoms. The molecule has 2 aliphatic rings. The zero-order chi connectivity index (χ0) is 14.1. The summed E-state index contributed by atoms with van der Waals surface area (Å²) in [6, 6.07) is 9.51. The van der Waals surface area contributed by atoms with Crippen molar-refractivity contribution in [2.24, 2.45) is 0 Å². The fraction of sp³-hybridized carbons (Fsp3) is 0.647. The van der Waals surface area contributed by atoms with Gasteiger partial charge in [0.25, 0.3) is 0 Å². The Labute approximate surface area is 122 Å². The number of hydrogen-bond acceptors (Lipinski definition) is 3. The number of β-amino-alcohol motifs (C(OH)–C–C–N with tert-alkyl or cyclic N) is 1. The summed E-state index contributed by atoms with van der Waals surface area (Å²) in [7, 11) is 0. The first kappa shape index (κ1) is 14.1. The summed E-state index contributed by atoms with van der Waals surface area (Å²) < 4.78 is 0. The molecule has 1 N–H and O–H groups in total. The highest BCUT2D eigenvalue weighted by Crippen LogP contribution is 2.26. The fourth-order valence-electron chi connectivity index (χ4n) is 3.71. The minimum atomic E-state index is -0.370. The van der Waals surface area contributed by atoms with E-state index in [9.17, 15) is 5.11 Å². The number of benzene rings is 1. The molecule has 3 heteroatoms. The van der Waals surface area contributed by atoms with Crippen LogP contribution in [-0.2, 0) is 0 Å². The van der Waals surface area contributed by atoms with Crippen LogP contribution in [0.1, 0.15) is 37.0 Å². The van der Waals surface area contributed by atoms with E-state index >= 15 is 0 Å². The molecule has 20 heavy (non-hydrogen) atoms. The lowest BCUT2D eigenvalue weighted by Gasteiger charge is -2.43. The van der Waals surface area contributed by atoms with Crippen molar-refractivity contribution in [3.63, 3.8) is 0 Å². The number of aliphatic hydroxyl groups is 1. The lowest BCUT2D eigenvalue weighted by atomic mass is 10.0. The van der Waals surface area contributed by atoms with E-state index in [4.69, 9.17) is 0 Å². The van der Waals surface area contributed by atoms with Crippen molar-refractivity contribution >= 4 is 0 Å².